The van der Waals surface area contributed by atoms with Gasteiger partial charge in [0, 0.05) is 25.7 Å². The van der Waals surface area contributed by atoms with Crippen LogP contribution in [-0.2, 0) is 4.79 Å². The van der Waals surface area contributed by atoms with Gasteiger partial charge in [-0.2, -0.15) is 0 Å². The third-order valence-corrected chi connectivity index (χ3v) is 3.63. The Labute approximate surface area is 105 Å². The van der Waals surface area contributed by atoms with Gasteiger partial charge in [0.2, 0.25) is 5.91 Å². The van der Waals surface area contributed by atoms with E-state index in [9.17, 15) is 4.79 Å². The zero-order chi connectivity index (χ0) is 12.7. The van der Waals surface area contributed by atoms with Crippen molar-refractivity contribution >= 4 is 5.91 Å². The van der Waals surface area contributed by atoms with Crippen molar-refractivity contribution in [2.45, 2.75) is 52.1 Å². The first-order valence-corrected chi connectivity index (χ1v) is 6.94. The Morgan fingerprint density at radius 3 is 2.65 bits per heavy atom. The molecule has 0 aromatic carbocycles. The van der Waals surface area contributed by atoms with Crippen LogP contribution in [0.3, 0.4) is 0 Å². The van der Waals surface area contributed by atoms with Crippen LogP contribution < -0.4 is 10.6 Å². The number of carbonyl (C=O) groups excluding carboxylic acids is 1. The lowest BCUT2D eigenvalue weighted by Gasteiger charge is -2.28. The Kier molecular flexibility index (Phi) is 6.52. The molecule has 1 aliphatic rings. The SMILES string of the molecule is CCC(CC)NC(=O)C(C)N1CCCNCC1. The number of amides is 1. The summed E-state index contributed by atoms with van der Waals surface area (Å²) in [5, 5.41) is 6.49. The summed E-state index contributed by atoms with van der Waals surface area (Å²) >= 11 is 0. The van der Waals surface area contributed by atoms with Gasteiger partial charge in [0.25, 0.3) is 0 Å². The van der Waals surface area contributed by atoms with Crippen LogP contribution in [0.15, 0.2) is 0 Å². The highest BCUT2D eigenvalue weighted by molar-refractivity contribution is 5.81. The minimum absolute atomic E-state index is 0.00417. The highest BCUT2D eigenvalue weighted by Crippen LogP contribution is 2.04. The standard InChI is InChI=1S/C13H27N3O/c1-4-12(5-2)15-13(17)11(3)16-9-6-7-14-8-10-16/h11-12,14H,4-10H2,1-3H3,(H,15,17). The molecule has 0 saturated carbocycles. The van der Waals surface area contributed by atoms with Gasteiger partial charge in [-0.15, -0.1) is 0 Å². The Morgan fingerprint density at radius 1 is 1.29 bits per heavy atom. The second-order valence-electron chi connectivity index (χ2n) is 4.84. The van der Waals surface area contributed by atoms with Crippen LogP contribution in [0.4, 0.5) is 0 Å². The fraction of sp³-hybridized carbons (Fsp3) is 0.923. The number of nitrogens with one attached hydrogen (secondary N) is 2. The van der Waals surface area contributed by atoms with Gasteiger partial charge in [-0.3, -0.25) is 9.69 Å². The summed E-state index contributed by atoms with van der Waals surface area (Å²) in [7, 11) is 0. The molecule has 1 unspecified atom stereocenters. The van der Waals surface area contributed by atoms with Crippen molar-refractivity contribution in [3.05, 3.63) is 0 Å². The normalized spacial score (nSPS) is 20.0. The Morgan fingerprint density at radius 2 is 2.00 bits per heavy atom. The number of hydrogen-bond donors (Lipinski definition) is 2. The molecule has 4 nitrogen and oxygen atoms in total. The van der Waals surface area contributed by atoms with E-state index in [1.165, 1.54) is 0 Å². The minimum Gasteiger partial charge on any atom is -0.352 e. The maximum atomic E-state index is 12.1. The van der Waals surface area contributed by atoms with Gasteiger partial charge in [-0.05, 0) is 32.7 Å². The molecule has 0 aromatic rings. The molecular weight excluding hydrogens is 214 g/mol. The molecule has 1 amide bonds. The van der Waals surface area contributed by atoms with Gasteiger partial charge < -0.3 is 10.6 Å². The molecule has 1 fully saturated rings. The Bertz CT molecular complexity index is 221. The van der Waals surface area contributed by atoms with Crippen LogP contribution in [0.2, 0.25) is 0 Å². The summed E-state index contributed by atoms with van der Waals surface area (Å²) in [4.78, 5) is 14.4. The summed E-state index contributed by atoms with van der Waals surface area (Å²) in [6, 6.07) is 0.325. The lowest BCUT2D eigenvalue weighted by atomic mass is 10.1. The van der Waals surface area contributed by atoms with E-state index in [4.69, 9.17) is 0 Å². The minimum atomic E-state index is -0.00417. The average Bonchev–Trinajstić information content (AvgIpc) is 2.63. The first-order chi connectivity index (χ1) is 8.19. The van der Waals surface area contributed by atoms with Gasteiger partial charge in [0.1, 0.15) is 0 Å². The molecule has 0 bridgehead atoms. The summed E-state index contributed by atoms with van der Waals surface area (Å²) in [5.41, 5.74) is 0. The highest BCUT2D eigenvalue weighted by atomic mass is 16.2. The predicted octanol–water partition coefficient (Wildman–Crippen LogP) is 0.975. The van der Waals surface area contributed by atoms with Crippen molar-refractivity contribution in [1.29, 1.82) is 0 Å². The smallest absolute Gasteiger partial charge is 0.237 e. The number of carbonyl (C=O) groups is 1. The van der Waals surface area contributed by atoms with E-state index in [2.05, 4.69) is 29.4 Å². The lowest BCUT2D eigenvalue weighted by Crippen LogP contribution is -2.49. The molecule has 2 N–H and O–H groups in total. The average molecular weight is 241 g/mol. The molecule has 0 radical (unpaired) electrons. The van der Waals surface area contributed by atoms with Crippen molar-refractivity contribution in [3.8, 4) is 0 Å². The van der Waals surface area contributed by atoms with Gasteiger partial charge in [0.05, 0.1) is 6.04 Å². The number of hydrogen-bond acceptors (Lipinski definition) is 3. The molecule has 17 heavy (non-hydrogen) atoms. The molecule has 1 atom stereocenters. The molecule has 100 valence electrons. The second kappa shape index (κ2) is 7.67. The van der Waals surface area contributed by atoms with Crippen LogP contribution in [0, 0.1) is 0 Å². The molecule has 0 aromatic heterocycles. The van der Waals surface area contributed by atoms with Crippen LogP contribution in [0.1, 0.15) is 40.0 Å². The van der Waals surface area contributed by atoms with E-state index < -0.39 is 0 Å². The van der Waals surface area contributed by atoms with Crippen molar-refractivity contribution in [1.82, 2.24) is 15.5 Å². The van der Waals surface area contributed by atoms with E-state index in [0.717, 1.165) is 45.4 Å². The van der Waals surface area contributed by atoms with Crippen LogP contribution in [0.25, 0.3) is 0 Å². The third kappa shape index (κ3) is 4.64. The maximum Gasteiger partial charge on any atom is 0.237 e. The van der Waals surface area contributed by atoms with E-state index in [1.807, 2.05) is 6.92 Å². The molecular formula is C13H27N3O. The molecule has 0 spiro atoms. The van der Waals surface area contributed by atoms with Gasteiger partial charge in [0.15, 0.2) is 0 Å². The number of rotatable bonds is 5. The van der Waals surface area contributed by atoms with Gasteiger partial charge in [-0.1, -0.05) is 13.8 Å². The fourth-order valence-electron chi connectivity index (χ4n) is 2.23. The molecule has 1 heterocycles. The van der Waals surface area contributed by atoms with Crippen molar-refractivity contribution < 1.29 is 4.79 Å². The van der Waals surface area contributed by atoms with E-state index in [-0.39, 0.29) is 11.9 Å². The molecule has 1 saturated heterocycles. The van der Waals surface area contributed by atoms with E-state index >= 15 is 0 Å². The van der Waals surface area contributed by atoms with Crippen molar-refractivity contribution in [3.63, 3.8) is 0 Å². The highest BCUT2D eigenvalue weighted by Gasteiger charge is 2.22. The quantitative estimate of drug-likeness (QED) is 0.754. The summed E-state index contributed by atoms with van der Waals surface area (Å²) in [6.45, 7) is 10.3. The van der Waals surface area contributed by atoms with Gasteiger partial charge in [-0.25, -0.2) is 0 Å². The zero-order valence-electron chi connectivity index (χ0n) is 11.5. The number of nitrogens with zero attached hydrogens (tertiary/aromatic N) is 1. The summed E-state index contributed by atoms with van der Waals surface area (Å²) < 4.78 is 0. The van der Waals surface area contributed by atoms with Gasteiger partial charge >= 0.3 is 0 Å². The van der Waals surface area contributed by atoms with Crippen LogP contribution >= 0.6 is 0 Å². The summed E-state index contributed by atoms with van der Waals surface area (Å²) in [6.07, 6.45) is 3.15. The lowest BCUT2D eigenvalue weighted by molar-refractivity contribution is -0.126. The van der Waals surface area contributed by atoms with E-state index in [0.29, 0.717) is 6.04 Å². The van der Waals surface area contributed by atoms with Crippen LogP contribution in [-0.4, -0.2) is 49.1 Å². The zero-order valence-corrected chi connectivity index (χ0v) is 11.5. The molecule has 4 heteroatoms. The largest absolute Gasteiger partial charge is 0.352 e. The molecule has 1 aliphatic heterocycles. The maximum absolute atomic E-state index is 12.1. The predicted molar refractivity (Wildman–Crippen MR) is 71.0 cm³/mol. The first-order valence-electron chi connectivity index (χ1n) is 6.94. The Balaban J connectivity index is 2.43. The fourth-order valence-corrected chi connectivity index (χ4v) is 2.23. The van der Waals surface area contributed by atoms with Crippen molar-refractivity contribution in [2.75, 3.05) is 26.2 Å². The summed E-state index contributed by atoms with van der Waals surface area (Å²) in [5.74, 6) is 0.181. The second-order valence-corrected chi connectivity index (χ2v) is 4.84. The molecule has 0 aliphatic carbocycles. The topological polar surface area (TPSA) is 44.4 Å². The first kappa shape index (κ1) is 14.5. The monoisotopic (exact) mass is 241 g/mol. The van der Waals surface area contributed by atoms with Crippen LogP contribution in [0.5, 0.6) is 0 Å². The third-order valence-electron chi connectivity index (χ3n) is 3.63. The van der Waals surface area contributed by atoms with Crippen molar-refractivity contribution in [2.24, 2.45) is 0 Å². The van der Waals surface area contributed by atoms with E-state index in [1.54, 1.807) is 0 Å². The molecule has 1 rings (SSSR count). The Hall–Kier alpha value is -0.610.